The highest BCUT2D eigenvalue weighted by atomic mass is 16.5. The normalized spacial score (nSPS) is 29.9. The fourth-order valence-electron chi connectivity index (χ4n) is 9.07. The minimum Gasteiger partial charge on any atom is -0.508 e. The second kappa shape index (κ2) is 10.5. The number of phenols is 1. The van der Waals surface area contributed by atoms with Gasteiger partial charge >= 0.3 is 0 Å². The van der Waals surface area contributed by atoms with E-state index >= 15 is 4.79 Å². The Morgan fingerprint density at radius 2 is 1.65 bits per heavy atom. The molecule has 0 aromatic heterocycles. The number of allylic oxidation sites excluding steroid dienone is 5. The summed E-state index contributed by atoms with van der Waals surface area (Å²) in [7, 11) is 0. The second-order valence-corrected chi connectivity index (χ2v) is 13.0. The van der Waals surface area contributed by atoms with Crippen molar-refractivity contribution in [2.75, 3.05) is 6.54 Å². The number of Topliss-reactive ketones (excluding diaryl/α,β-unsaturated/α-hetero) is 1. The van der Waals surface area contributed by atoms with Crippen LogP contribution in [0.1, 0.15) is 36.5 Å². The topological polar surface area (TPSA) is 101 Å². The highest BCUT2D eigenvalue weighted by Crippen LogP contribution is 2.62. The Balaban J connectivity index is 1.38. The van der Waals surface area contributed by atoms with Crippen LogP contribution in [0.3, 0.4) is 0 Å². The first-order valence-corrected chi connectivity index (χ1v) is 16.0. The molecule has 1 N–H and O–H groups in total. The zero-order valence-electron chi connectivity index (χ0n) is 25.4. The molecular formula is C39H33NO6. The Kier molecular flexibility index (Phi) is 6.50. The zero-order valence-corrected chi connectivity index (χ0v) is 25.4. The van der Waals surface area contributed by atoms with Crippen LogP contribution in [0.5, 0.6) is 11.5 Å². The number of aromatic hydroxyl groups is 1. The second-order valence-electron chi connectivity index (χ2n) is 13.0. The summed E-state index contributed by atoms with van der Waals surface area (Å²) in [6, 6.07) is 23.7. The van der Waals surface area contributed by atoms with Gasteiger partial charge in [-0.05, 0) is 66.7 Å². The van der Waals surface area contributed by atoms with Crippen LogP contribution in [0.4, 0.5) is 0 Å². The summed E-state index contributed by atoms with van der Waals surface area (Å²) in [6.07, 6.45) is 6.33. The molecule has 2 aliphatic heterocycles. The van der Waals surface area contributed by atoms with E-state index in [0.29, 0.717) is 36.3 Å². The van der Waals surface area contributed by atoms with Crippen LogP contribution in [0.25, 0.3) is 5.57 Å². The van der Waals surface area contributed by atoms with Gasteiger partial charge in [0.15, 0.2) is 11.6 Å². The first kappa shape index (κ1) is 28.4. The number of rotatable bonds is 4. The van der Waals surface area contributed by atoms with Crippen molar-refractivity contribution in [1.82, 2.24) is 4.90 Å². The minimum absolute atomic E-state index is 0.106. The van der Waals surface area contributed by atoms with E-state index in [2.05, 4.69) is 6.08 Å². The SMILES string of the molecule is CCN1C(=O)[C@H]2[C@H](CC=C3[C@H](C4=COc5ccc(O)cc5C4)[C@]4(c5ccccc5)C(=O)C=C(c5ccccc5)C(=O)[C@@H]4C[C@H]32)C1=O. The maximum Gasteiger partial charge on any atom is 0.233 e. The molecule has 2 amide bonds. The van der Waals surface area contributed by atoms with Crippen LogP contribution in [0.2, 0.25) is 0 Å². The summed E-state index contributed by atoms with van der Waals surface area (Å²) < 4.78 is 6.16. The number of nitrogens with zero attached hydrogens (tertiary/aromatic N) is 1. The molecule has 3 aromatic rings. The van der Waals surface area contributed by atoms with Crippen LogP contribution in [-0.4, -0.2) is 39.9 Å². The van der Waals surface area contributed by atoms with E-state index in [1.807, 2.05) is 67.6 Å². The van der Waals surface area contributed by atoms with Gasteiger partial charge in [0.1, 0.15) is 11.5 Å². The molecule has 3 aliphatic carbocycles. The Morgan fingerprint density at radius 3 is 2.39 bits per heavy atom. The van der Waals surface area contributed by atoms with Crippen molar-refractivity contribution in [3.8, 4) is 11.5 Å². The minimum atomic E-state index is -1.30. The van der Waals surface area contributed by atoms with E-state index in [1.54, 1.807) is 24.5 Å². The van der Waals surface area contributed by atoms with E-state index in [0.717, 1.165) is 22.3 Å². The molecule has 230 valence electrons. The van der Waals surface area contributed by atoms with Gasteiger partial charge in [0.25, 0.3) is 0 Å². The van der Waals surface area contributed by atoms with E-state index in [9.17, 15) is 19.5 Å². The lowest BCUT2D eigenvalue weighted by Crippen LogP contribution is -2.60. The van der Waals surface area contributed by atoms with Crippen LogP contribution in [0, 0.1) is 29.6 Å². The fraction of sp³-hybridized carbons (Fsp3) is 0.282. The van der Waals surface area contributed by atoms with Gasteiger partial charge in [0, 0.05) is 35.9 Å². The Hall–Kier alpha value is -5.04. The van der Waals surface area contributed by atoms with Crippen molar-refractivity contribution >= 4 is 29.0 Å². The molecule has 0 bridgehead atoms. The van der Waals surface area contributed by atoms with Crippen LogP contribution < -0.4 is 4.74 Å². The van der Waals surface area contributed by atoms with Gasteiger partial charge in [-0.1, -0.05) is 72.3 Å². The number of fused-ring (bicyclic) bond motifs is 5. The Bertz CT molecular complexity index is 1910. The van der Waals surface area contributed by atoms with Gasteiger partial charge in [0.2, 0.25) is 11.8 Å². The molecular weight excluding hydrogens is 578 g/mol. The summed E-state index contributed by atoms with van der Waals surface area (Å²) in [5.41, 5.74) is 2.96. The lowest BCUT2D eigenvalue weighted by atomic mass is 9.44. The molecule has 0 unspecified atom stereocenters. The predicted molar refractivity (Wildman–Crippen MR) is 170 cm³/mol. The van der Waals surface area contributed by atoms with Gasteiger partial charge in [-0.15, -0.1) is 0 Å². The highest BCUT2D eigenvalue weighted by Gasteiger charge is 2.66. The molecule has 0 spiro atoms. The summed E-state index contributed by atoms with van der Waals surface area (Å²) >= 11 is 0. The monoisotopic (exact) mass is 611 g/mol. The maximum atomic E-state index is 15.1. The number of likely N-dealkylation sites (tertiary alicyclic amines) is 1. The lowest BCUT2D eigenvalue weighted by molar-refractivity contribution is -0.140. The van der Waals surface area contributed by atoms with Gasteiger partial charge in [-0.25, -0.2) is 0 Å². The van der Waals surface area contributed by atoms with Crippen LogP contribution in [0.15, 0.2) is 108 Å². The number of phenolic OH excluding ortho intramolecular Hbond substituents is 1. The molecule has 2 fully saturated rings. The number of hydrogen-bond acceptors (Lipinski definition) is 6. The van der Waals surface area contributed by atoms with Crippen molar-refractivity contribution in [2.24, 2.45) is 29.6 Å². The van der Waals surface area contributed by atoms with E-state index in [-0.39, 0.29) is 35.6 Å². The Labute approximate surface area is 266 Å². The number of carbonyl (C=O) groups excluding carboxylic acids is 4. The smallest absolute Gasteiger partial charge is 0.233 e. The van der Waals surface area contributed by atoms with Gasteiger partial charge in [-0.3, -0.25) is 24.1 Å². The molecule has 1 saturated carbocycles. The molecule has 1 saturated heterocycles. The first-order chi connectivity index (χ1) is 22.3. The van der Waals surface area contributed by atoms with Gasteiger partial charge < -0.3 is 9.84 Å². The zero-order chi connectivity index (χ0) is 31.7. The molecule has 3 aromatic carbocycles. The molecule has 7 heteroatoms. The van der Waals surface area contributed by atoms with Crippen molar-refractivity contribution in [3.05, 3.63) is 125 Å². The third kappa shape index (κ3) is 3.90. The number of carbonyl (C=O) groups is 4. The van der Waals surface area contributed by atoms with E-state index in [4.69, 9.17) is 4.74 Å². The number of amides is 2. The van der Waals surface area contributed by atoms with Crippen molar-refractivity contribution in [2.45, 2.75) is 31.6 Å². The molecule has 46 heavy (non-hydrogen) atoms. The van der Waals surface area contributed by atoms with E-state index in [1.165, 1.54) is 11.0 Å². The number of ketones is 2. The van der Waals surface area contributed by atoms with Crippen LogP contribution in [-0.2, 0) is 31.0 Å². The number of hydrogen-bond donors (Lipinski definition) is 1. The molecule has 5 aliphatic rings. The number of imide groups is 1. The largest absolute Gasteiger partial charge is 0.508 e. The van der Waals surface area contributed by atoms with Crippen molar-refractivity contribution in [3.63, 3.8) is 0 Å². The maximum absolute atomic E-state index is 15.1. The predicted octanol–water partition coefficient (Wildman–Crippen LogP) is 5.59. The van der Waals surface area contributed by atoms with Crippen molar-refractivity contribution < 1.29 is 29.0 Å². The van der Waals surface area contributed by atoms with Crippen molar-refractivity contribution in [1.29, 1.82) is 0 Å². The Morgan fingerprint density at radius 1 is 0.913 bits per heavy atom. The molecule has 0 radical (unpaired) electrons. The quantitative estimate of drug-likeness (QED) is 0.305. The lowest BCUT2D eigenvalue weighted by Gasteiger charge is -2.56. The average Bonchev–Trinajstić information content (AvgIpc) is 3.34. The van der Waals surface area contributed by atoms with E-state index < -0.39 is 35.0 Å². The number of benzene rings is 3. The molecule has 7 nitrogen and oxygen atoms in total. The average molecular weight is 612 g/mol. The molecule has 8 rings (SSSR count). The molecule has 6 atom stereocenters. The van der Waals surface area contributed by atoms with Gasteiger partial charge in [-0.2, -0.15) is 0 Å². The summed E-state index contributed by atoms with van der Waals surface area (Å²) in [4.78, 5) is 58.6. The number of ether oxygens (including phenoxy) is 1. The highest BCUT2D eigenvalue weighted by molar-refractivity contribution is 6.31. The first-order valence-electron chi connectivity index (χ1n) is 16.0. The fourth-order valence-corrected chi connectivity index (χ4v) is 9.07. The summed E-state index contributed by atoms with van der Waals surface area (Å²) in [5, 5.41) is 10.3. The third-order valence-corrected chi connectivity index (χ3v) is 10.9. The third-order valence-electron chi connectivity index (χ3n) is 10.9. The summed E-state index contributed by atoms with van der Waals surface area (Å²) in [6.45, 7) is 2.11. The summed E-state index contributed by atoms with van der Waals surface area (Å²) in [5.74, 6) is -2.84. The van der Waals surface area contributed by atoms with Gasteiger partial charge in [0.05, 0.1) is 23.5 Å². The molecule has 2 heterocycles. The van der Waals surface area contributed by atoms with Crippen LogP contribution >= 0.6 is 0 Å². The standard InChI is InChI=1S/C39H33NO6/c1-2-40-37(44)28-15-14-27-30(34(28)38(40)45)19-31-36(43)29(22-9-5-3-6-10-22)20-33(42)39(31,25-11-7-4-8-12-25)35(27)24-17-23-18-26(41)13-16-32(23)46-21-24/h3-14,16,18,20-21,28,30-31,34-35,41H,2,15,17,19H2,1H3/t28-,30+,31-,34-,35-,39-/m0/s1.